The number of carbonyl (C=O) groups is 1. The number of rotatable bonds is 4. The predicted octanol–water partition coefficient (Wildman–Crippen LogP) is 0.950. The largest absolute Gasteiger partial charge is 0.378 e. The van der Waals surface area contributed by atoms with Crippen molar-refractivity contribution in [2.75, 3.05) is 60.0 Å². The van der Waals surface area contributed by atoms with Crippen LogP contribution in [0.25, 0.3) is 0 Å². The van der Waals surface area contributed by atoms with Crippen molar-refractivity contribution in [2.45, 2.75) is 18.4 Å². The standard InChI is InChI=1S/C18H28N4O2/c1-20(2)11-12-22-13-14-24-15-18(22)6-9-21(10-7-18)17(23)16-5-3-4-8-19-16/h3-5,8H,6-7,9-15H2,1-2H3. The molecule has 6 nitrogen and oxygen atoms in total. The van der Waals surface area contributed by atoms with Gasteiger partial charge < -0.3 is 14.5 Å². The van der Waals surface area contributed by atoms with E-state index in [0.717, 1.165) is 58.8 Å². The lowest BCUT2D eigenvalue weighted by molar-refractivity contribution is -0.0927. The maximum absolute atomic E-state index is 12.6. The SMILES string of the molecule is CN(C)CCN1CCOCC12CCN(C(=O)c1ccccn1)CC2. The van der Waals surface area contributed by atoms with Crippen molar-refractivity contribution < 1.29 is 9.53 Å². The molecule has 0 unspecified atom stereocenters. The first-order valence-corrected chi connectivity index (χ1v) is 8.79. The van der Waals surface area contributed by atoms with Crippen LogP contribution < -0.4 is 0 Å². The molecule has 2 aliphatic heterocycles. The Hall–Kier alpha value is -1.50. The second-order valence-electron chi connectivity index (χ2n) is 7.07. The minimum Gasteiger partial charge on any atom is -0.378 e. The number of morpholine rings is 1. The highest BCUT2D eigenvalue weighted by molar-refractivity contribution is 5.92. The Bertz CT molecular complexity index is 541. The number of hydrogen-bond donors (Lipinski definition) is 0. The number of ether oxygens (including phenoxy) is 1. The molecule has 0 aliphatic carbocycles. The number of pyridine rings is 1. The average Bonchev–Trinajstić information content (AvgIpc) is 2.62. The third-order valence-corrected chi connectivity index (χ3v) is 5.23. The van der Waals surface area contributed by atoms with E-state index in [4.69, 9.17) is 4.74 Å². The van der Waals surface area contributed by atoms with Gasteiger partial charge >= 0.3 is 0 Å². The van der Waals surface area contributed by atoms with Gasteiger partial charge in [-0.25, -0.2) is 0 Å². The first-order chi connectivity index (χ1) is 11.6. The fourth-order valence-corrected chi connectivity index (χ4v) is 3.67. The monoisotopic (exact) mass is 332 g/mol. The van der Waals surface area contributed by atoms with Crippen molar-refractivity contribution in [1.29, 1.82) is 0 Å². The molecule has 0 aromatic carbocycles. The van der Waals surface area contributed by atoms with Crippen molar-refractivity contribution in [1.82, 2.24) is 19.7 Å². The molecule has 1 aromatic heterocycles. The summed E-state index contributed by atoms with van der Waals surface area (Å²) in [4.78, 5) is 23.5. The van der Waals surface area contributed by atoms with E-state index in [0.29, 0.717) is 5.69 Å². The van der Waals surface area contributed by atoms with E-state index in [1.807, 2.05) is 17.0 Å². The molecule has 1 spiro atoms. The van der Waals surface area contributed by atoms with Gasteiger partial charge in [0.05, 0.1) is 13.2 Å². The van der Waals surface area contributed by atoms with Crippen LogP contribution in [0.3, 0.4) is 0 Å². The Balaban J connectivity index is 1.62. The Labute approximate surface area is 144 Å². The van der Waals surface area contributed by atoms with Gasteiger partial charge in [0.2, 0.25) is 0 Å². The summed E-state index contributed by atoms with van der Waals surface area (Å²) in [5.41, 5.74) is 0.632. The molecule has 132 valence electrons. The summed E-state index contributed by atoms with van der Waals surface area (Å²) in [6, 6.07) is 5.49. The maximum atomic E-state index is 12.6. The lowest BCUT2D eigenvalue weighted by Crippen LogP contribution is -2.62. The molecule has 3 heterocycles. The molecule has 0 atom stereocenters. The average molecular weight is 332 g/mol. The highest BCUT2D eigenvalue weighted by atomic mass is 16.5. The minimum atomic E-state index is 0.0435. The molecule has 1 amide bonds. The molecule has 0 saturated carbocycles. The molecule has 2 saturated heterocycles. The molecule has 2 fully saturated rings. The van der Waals surface area contributed by atoms with Crippen LogP contribution >= 0.6 is 0 Å². The van der Waals surface area contributed by atoms with Crippen LogP contribution in [-0.2, 0) is 4.74 Å². The normalized spacial score (nSPS) is 21.4. The molecular formula is C18H28N4O2. The summed E-state index contributed by atoms with van der Waals surface area (Å²) in [6.45, 7) is 6.25. The van der Waals surface area contributed by atoms with E-state index in [9.17, 15) is 4.79 Å². The number of carbonyl (C=O) groups excluding carboxylic acids is 1. The molecule has 24 heavy (non-hydrogen) atoms. The number of likely N-dealkylation sites (tertiary alicyclic amines) is 1. The van der Waals surface area contributed by atoms with Crippen molar-refractivity contribution in [2.24, 2.45) is 0 Å². The van der Waals surface area contributed by atoms with Gasteiger partial charge in [-0.05, 0) is 39.1 Å². The Morgan fingerprint density at radius 2 is 2.08 bits per heavy atom. The Kier molecular flexibility index (Phi) is 5.48. The molecule has 0 radical (unpaired) electrons. The van der Waals surface area contributed by atoms with Crippen LogP contribution in [0.15, 0.2) is 24.4 Å². The second kappa shape index (κ2) is 7.59. The second-order valence-corrected chi connectivity index (χ2v) is 7.07. The summed E-state index contributed by atoms with van der Waals surface area (Å²) in [5.74, 6) is 0.0435. The molecule has 3 rings (SSSR count). The highest BCUT2D eigenvalue weighted by Crippen LogP contribution is 2.32. The zero-order valence-electron chi connectivity index (χ0n) is 14.8. The summed E-state index contributed by atoms with van der Waals surface area (Å²) in [6.07, 6.45) is 3.62. The number of aromatic nitrogens is 1. The predicted molar refractivity (Wildman–Crippen MR) is 93.1 cm³/mol. The molecule has 0 bridgehead atoms. The Morgan fingerprint density at radius 3 is 2.75 bits per heavy atom. The third kappa shape index (κ3) is 3.77. The van der Waals surface area contributed by atoms with Gasteiger partial charge in [-0.15, -0.1) is 0 Å². The lowest BCUT2D eigenvalue weighted by atomic mass is 9.85. The summed E-state index contributed by atoms with van der Waals surface area (Å²) < 4.78 is 5.81. The van der Waals surface area contributed by atoms with E-state index < -0.39 is 0 Å². The van der Waals surface area contributed by atoms with Gasteiger partial charge in [0.1, 0.15) is 5.69 Å². The fourth-order valence-electron chi connectivity index (χ4n) is 3.67. The minimum absolute atomic E-state index is 0.0435. The van der Waals surface area contributed by atoms with Gasteiger partial charge in [-0.2, -0.15) is 0 Å². The number of nitrogens with zero attached hydrogens (tertiary/aromatic N) is 4. The smallest absolute Gasteiger partial charge is 0.272 e. The quantitative estimate of drug-likeness (QED) is 0.822. The maximum Gasteiger partial charge on any atom is 0.272 e. The zero-order chi connectivity index (χ0) is 17.0. The van der Waals surface area contributed by atoms with Crippen LogP contribution in [0.1, 0.15) is 23.3 Å². The van der Waals surface area contributed by atoms with Gasteiger partial charge in [0, 0.05) is 44.5 Å². The zero-order valence-corrected chi connectivity index (χ0v) is 14.8. The van der Waals surface area contributed by atoms with E-state index in [2.05, 4.69) is 28.9 Å². The van der Waals surface area contributed by atoms with Crippen LogP contribution in [0.2, 0.25) is 0 Å². The van der Waals surface area contributed by atoms with Gasteiger partial charge in [0.15, 0.2) is 0 Å². The summed E-state index contributed by atoms with van der Waals surface area (Å²) >= 11 is 0. The molecule has 0 N–H and O–H groups in total. The van der Waals surface area contributed by atoms with E-state index >= 15 is 0 Å². The van der Waals surface area contributed by atoms with Crippen molar-refractivity contribution in [3.63, 3.8) is 0 Å². The van der Waals surface area contributed by atoms with E-state index in [-0.39, 0.29) is 11.4 Å². The number of piperidine rings is 1. The molecule has 2 aliphatic rings. The molecule has 1 aromatic rings. The topological polar surface area (TPSA) is 48.9 Å². The van der Waals surface area contributed by atoms with Crippen molar-refractivity contribution in [3.05, 3.63) is 30.1 Å². The molecule has 6 heteroatoms. The van der Waals surface area contributed by atoms with Crippen LogP contribution in [-0.4, -0.2) is 91.2 Å². The number of likely N-dealkylation sites (N-methyl/N-ethyl adjacent to an activating group) is 1. The lowest BCUT2D eigenvalue weighted by Gasteiger charge is -2.51. The molecular weight excluding hydrogens is 304 g/mol. The van der Waals surface area contributed by atoms with Crippen molar-refractivity contribution >= 4 is 5.91 Å². The van der Waals surface area contributed by atoms with Gasteiger partial charge in [-0.1, -0.05) is 6.07 Å². The fraction of sp³-hybridized carbons (Fsp3) is 0.667. The third-order valence-electron chi connectivity index (χ3n) is 5.23. The van der Waals surface area contributed by atoms with E-state index in [1.54, 1.807) is 12.3 Å². The number of amides is 1. The highest BCUT2D eigenvalue weighted by Gasteiger charge is 2.42. The summed E-state index contributed by atoms with van der Waals surface area (Å²) in [5, 5.41) is 0. The number of hydrogen-bond acceptors (Lipinski definition) is 5. The Morgan fingerprint density at radius 1 is 1.29 bits per heavy atom. The van der Waals surface area contributed by atoms with Crippen molar-refractivity contribution in [3.8, 4) is 0 Å². The first kappa shape index (κ1) is 17.3. The van der Waals surface area contributed by atoms with Crippen LogP contribution in [0.4, 0.5) is 0 Å². The first-order valence-electron chi connectivity index (χ1n) is 8.79. The van der Waals surface area contributed by atoms with Gasteiger partial charge in [-0.3, -0.25) is 14.7 Å². The van der Waals surface area contributed by atoms with Gasteiger partial charge in [0.25, 0.3) is 5.91 Å². The summed E-state index contributed by atoms with van der Waals surface area (Å²) in [7, 11) is 4.22. The van der Waals surface area contributed by atoms with Crippen LogP contribution in [0.5, 0.6) is 0 Å². The van der Waals surface area contributed by atoms with Crippen LogP contribution in [0, 0.1) is 0 Å². The van der Waals surface area contributed by atoms with E-state index in [1.165, 1.54) is 0 Å².